The maximum absolute atomic E-state index is 14.5. The molecule has 5 aromatic rings. The van der Waals surface area contributed by atoms with Crippen molar-refractivity contribution in [3.05, 3.63) is 59.7 Å². The van der Waals surface area contributed by atoms with E-state index in [0.717, 1.165) is 37.6 Å². The summed E-state index contributed by atoms with van der Waals surface area (Å²) in [7, 11) is -3.41. The van der Waals surface area contributed by atoms with Gasteiger partial charge >= 0.3 is 0 Å². The third-order valence-electron chi connectivity index (χ3n) is 6.68. The average molecular weight is 521 g/mol. The zero-order valence-electron chi connectivity index (χ0n) is 20.0. The summed E-state index contributed by atoms with van der Waals surface area (Å²) in [5.74, 6) is 0.532. The van der Waals surface area contributed by atoms with E-state index in [9.17, 15) is 12.8 Å². The molecule has 0 radical (unpaired) electrons. The Balaban J connectivity index is 1.40. The molecule has 190 valence electrons. The largest absolute Gasteiger partial charge is 0.335 e. The van der Waals surface area contributed by atoms with Crippen molar-refractivity contribution in [2.75, 3.05) is 19.3 Å². The number of H-pyrrole nitrogens is 2. The summed E-state index contributed by atoms with van der Waals surface area (Å²) in [5, 5.41) is 11.7. The van der Waals surface area contributed by atoms with Gasteiger partial charge in [-0.15, -0.1) is 0 Å². The van der Waals surface area contributed by atoms with Gasteiger partial charge in [0.2, 0.25) is 10.0 Å². The number of imidazole rings is 1. The highest BCUT2D eigenvalue weighted by atomic mass is 32.2. The maximum atomic E-state index is 14.5. The number of aromatic nitrogens is 6. The highest BCUT2D eigenvalue weighted by Gasteiger charge is 2.20. The number of nitrogens with one attached hydrogen (secondary N) is 4. The Morgan fingerprint density at radius 3 is 2.76 bits per heavy atom. The second kappa shape index (κ2) is 9.29. The molecule has 1 aliphatic rings. The Morgan fingerprint density at radius 1 is 1.11 bits per heavy atom. The van der Waals surface area contributed by atoms with Gasteiger partial charge in [0.05, 0.1) is 17.2 Å². The molecular formula is C25H25FN8O2S. The van der Waals surface area contributed by atoms with E-state index in [0.29, 0.717) is 50.9 Å². The Morgan fingerprint density at radius 2 is 1.95 bits per heavy atom. The molecule has 10 nitrogen and oxygen atoms in total. The third-order valence-corrected chi connectivity index (χ3v) is 7.35. The predicted octanol–water partition coefficient (Wildman–Crippen LogP) is 3.22. The summed E-state index contributed by atoms with van der Waals surface area (Å²) >= 11 is 0. The van der Waals surface area contributed by atoms with Crippen molar-refractivity contribution in [2.45, 2.75) is 25.3 Å². The molecule has 37 heavy (non-hydrogen) atoms. The molecule has 4 N–H and O–H groups in total. The van der Waals surface area contributed by atoms with Crippen LogP contribution in [0.1, 0.15) is 29.9 Å². The van der Waals surface area contributed by atoms with E-state index in [1.165, 1.54) is 17.7 Å². The number of pyridine rings is 2. The number of nitrogens with zero attached hydrogens (tertiary/aromatic N) is 4. The van der Waals surface area contributed by atoms with Crippen LogP contribution in [0.25, 0.3) is 44.8 Å². The van der Waals surface area contributed by atoms with Crippen molar-refractivity contribution in [3.63, 3.8) is 0 Å². The summed E-state index contributed by atoms with van der Waals surface area (Å²) in [6.45, 7) is 1.97. The molecule has 0 bridgehead atoms. The lowest BCUT2D eigenvalue weighted by Crippen LogP contribution is -2.26. The van der Waals surface area contributed by atoms with E-state index in [4.69, 9.17) is 0 Å². The van der Waals surface area contributed by atoms with Crippen LogP contribution in [0, 0.1) is 5.82 Å². The normalized spacial score (nSPS) is 15.1. The van der Waals surface area contributed by atoms with Gasteiger partial charge in [-0.05, 0) is 78.9 Å². The molecular weight excluding hydrogens is 495 g/mol. The first-order valence-electron chi connectivity index (χ1n) is 12.0. The molecule has 0 atom stereocenters. The zero-order valence-corrected chi connectivity index (χ0v) is 20.9. The lowest BCUT2D eigenvalue weighted by molar-refractivity contribution is 0.460. The van der Waals surface area contributed by atoms with E-state index in [1.807, 2.05) is 6.20 Å². The van der Waals surface area contributed by atoms with Gasteiger partial charge in [-0.3, -0.25) is 5.10 Å². The molecule has 1 saturated heterocycles. The Kier molecular flexibility index (Phi) is 5.94. The van der Waals surface area contributed by atoms with Crippen LogP contribution in [0.5, 0.6) is 0 Å². The summed E-state index contributed by atoms with van der Waals surface area (Å²) in [5.41, 5.74) is 5.38. The van der Waals surface area contributed by atoms with Crippen molar-refractivity contribution in [1.29, 1.82) is 0 Å². The van der Waals surface area contributed by atoms with E-state index in [-0.39, 0.29) is 6.54 Å². The minimum absolute atomic E-state index is 0.0153. The molecule has 1 fully saturated rings. The summed E-state index contributed by atoms with van der Waals surface area (Å²) in [6, 6.07) is 8.36. The average Bonchev–Trinajstić information content (AvgIpc) is 3.51. The van der Waals surface area contributed by atoms with Crippen LogP contribution < -0.4 is 10.0 Å². The number of halogens is 1. The van der Waals surface area contributed by atoms with Crippen LogP contribution >= 0.6 is 0 Å². The number of rotatable bonds is 6. The predicted molar refractivity (Wildman–Crippen MR) is 139 cm³/mol. The maximum Gasteiger partial charge on any atom is 0.209 e. The Bertz CT molecular complexity index is 1720. The number of benzene rings is 1. The fourth-order valence-electron chi connectivity index (χ4n) is 4.87. The lowest BCUT2D eigenvalue weighted by Gasteiger charge is -2.22. The van der Waals surface area contributed by atoms with Gasteiger partial charge in [0.15, 0.2) is 17.1 Å². The Hall–Kier alpha value is -3.74. The second-order valence-electron chi connectivity index (χ2n) is 9.35. The van der Waals surface area contributed by atoms with Gasteiger partial charge in [0, 0.05) is 24.5 Å². The highest BCUT2D eigenvalue weighted by molar-refractivity contribution is 7.88. The van der Waals surface area contributed by atoms with E-state index in [1.54, 1.807) is 18.3 Å². The first-order chi connectivity index (χ1) is 17.8. The van der Waals surface area contributed by atoms with Crippen molar-refractivity contribution >= 4 is 32.2 Å². The number of hydrogen-bond acceptors (Lipinski definition) is 7. The molecule has 0 saturated carbocycles. The molecule has 5 heterocycles. The van der Waals surface area contributed by atoms with Crippen LogP contribution in [0.2, 0.25) is 0 Å². The molecule has 0 spiro atoms. The number of fused-ring (bicyclic) bond motifs is 2. The summed E-state index contributed by atoms with van der Waals surface area (Å²) in [4.78, 5) is 17.0. The fraction of sp³-hybridized carbons (Fsp3) is 0.280. The minimum Gasteiger partial charge on any atom is -0.335 e. The second-order valence-corrected chi connectivity index (χ2v) is 11.2. The van der Waals surface area contributed by atoms with E-state index < -0.39 is 15.8 Å². The molecule has 0 amide bonds. The molecule has 1 aromatic carbocycles. The van der Waals surface area contributed by atoms with Gasteiger partial charge in [-0.2, -0.15) is 5.10 Å². The molecule has 0 aliphatic carbocycles. The molecule has 1 aliphatic heterocycles. The van der Waals surface area contributed by atoms with Gasteiger partial charge in [0.1, 0.15) is 11.5 Å². The SMILES string of the molecule is CS(=O)(=O)NCc1cc(F)cc(-c2ccnc3nc(-c4[nH]nc5ncc(C6CCNCC6)cc45)[nH]c23)c1. The fourth-order valence-corrected chi connectivity index (χ4v) is 5.30. The molecule has 0 unspecified atom stereocenters. The van der Waals surface area contributed by atoms with Crippen molar-refractivity contribution in [1.82, 2.24) is 40.2 Å². The third kappa shape index (κ3) is 4.82. The summed E-state index contributed by atoms with van der Waals surface area (Å²) in [6.07, 6.45) is 6.71. The van der Waals surface area contributed by atoms with Gasteiger partial charge < -0.3 is 10.3 Å². The first kappa shape index (κ1) is 23.6. The number of aromatic amines is 2. The number of piperidine rings is 1. The van der Waals surface area contributed by atoms with Crippen LogP contribution in [-0.4, -0.2) is 57.9 Å². The number of sulfonamides is 1. The van der Waals surface area contributed by atoms with Gasteiger partial charge in [-0.1, -0.05) is 0 Å². The zero-order chi connectivity index (χ0) is 25.6. The first-order valence-corrected chi connectivity index (χ1v) is 13.9. The van der Waals surface area contributed by atoms with Crippen molar-refractivity contribution < 1.29 is 12.8 Å². The smallest absolute Gasteiger partial charge is 0.209 e. The molecule has 12 heteroatoms. The van der Waals surface area contributed by atoms with Gasteiger partial charge in [0.25, 0.3) is 0 Å². The monoisotopic (exact) mass is 520 g/mol. The van der Waals surface area contributed by atoms with Crippen LogP contribution in [0.4, 0.5) is 4.39 Å². The highest BCUT2D eigenvalue weighted by Crippen LogP contribution is 2.33. The quantitative estimate of drug-likeness (QED) is 0.269. The lowest BCUT2D eigenvalue weighted by atomic mass is 9.91. The minimum atomic E-state index is -3.41. The van der Waals surface area contributed by atoms with Gasteiger partial charge in [-0.25, -0.2) is 32.5 Å². The van der Waals surface area contributed by atoms with Crippen molar-refractivity contribution in [2.24, 2.45) is 0 Å². The molecule has 4 aromatic heterocycles. The summed E-state index contributed by atoms with van der Waals surface area (Å²) < 4.78 is 39.9. The van der Waals surface area contributed by atoms with E-state index >= 15 is 0 Å². The number of hydrogen-bond donors (Lipinski definition) is 4. The van der Waals surface area contributed by atoms with Crippen LogP contribution in [0.15, 0.2) is 42.7 Å². The molecule has 6 rings (SSSR count). The van der Waals surface area contributed by atoms with Crippen LogP contribution in [-0.2, 0) is 16.6 Å². The Labute approximate surface area is 212 Å². The topological polar surface area (TPSA) is 141 Å². The van der Waals surface area contributed by atoms with Crippen molar-refractivity contribution in [3.8, 4) is 22.6 Å². The van der Waals surface area contributed by atoms with E-state index in [2.05, 4.69) is 46.2 Å². The standard InChI is InChI=1S/C25H25FN8O2S/c1-37(35,36)30-12-14-8-16(10-18(26)9-14)19-4-7-28-24-21(19)31-25(32-24)22-20-11-17(13-29-23(20)34-33-22)15-2-5-27-6-3-15/h4,7-11,13,15,27,30H,2-3,5-6,12H2,1H3,(H,28,31,32)(H,29,33,34). The van der Waals surface area contributed by atoms with Crippen LogP contribution in [0.3, 0.4) is 0 Å².